The topological polar surface area (TPSA) is 59.7 Å². The molecule has 0 aliphatic rings. The molecule has 0 spiro atoms. The summed E-state index contributed by atoms with van der Waals surface area (Å²) in [5, 5.41) is 17.8. The molecule has 0 saturated carbocycles. The molecule has 1 aromatic carbocycles. The van der Waals surface area contributed by atoms with Crippen molar-refractivity contribution >= 4 is 17.6 Å². The van der Waals surface area contributed by atoms with Crippen molar-refractivity contribution in [2.24, 2.45) is 0 Å². The van der Waals surface area contributed by atoms with Crippen molar-refractivity contribution in [3.63, 3.8) is 0 Å². The maximum atomic E-state index is 7.52. The average Bonchev–Trinajstić information content (AvgIpc) is 2.16. The molecule has 0 unspecified atom stereocenters. The van der Waals surface area contributed by atoms with Gasteiger partial charge in [-0.3, -0.25) is 0 Å². The SMILES string of the molecule is CNc1cccc(C(C)=N)c1C=N. The normalized spacial score (nSPS) is 9.38. The number of anilines is 1. The lowest BCUT2D eigenvalue weighted by Crippen LogP contribution is -2.02. The van der Waals surface area contributed by atoms with Gasteiger partial charge in [-0.15, -0.1) is 0 Å². The fourth-order valence-corrected chi connectivity index (χ4v) is 1.27. The number of rotatable bonds is 3. The van der Waals surface area contributed by atoms with Crippen molar-refractivity contribution in [3.05, 3.63) is 29.3 Å². The minimum atomic E-state index is 0.482. The Morgan fingerprint density at radius 3 is 2.62 bits per heavy atom. The van der Waals surface area contributed by atoms with Crippen LogP contribution in [0, 0.1) is 10.8 Å². The molecular weight excluding hydrogens is 162 g/mol. The first kappa shape index (κ1) is 9.45. The Morgan fingerprint density at radius 1 is 1.46 bits per heavy atom. The van der Waals surface area contributed by atoms with Gasteiger partial charge in [0.15, 0.2) is 0 Å². The van der Waals surface area contributed by atoms with E-state index in [1.165, 1.54) is 6.21 Å². The van der Waals surface area contributed by atoms with Crippen LogP contribution in [0.15, 0.2) is 18.2 Å². The molecule has 1 rings (SSSR count). The van der Waals surface area contributed by atoms with E-state index in [1.807, 2.05) is 25.2 Å². The third kappa shape index (κ3) is 1.75. The third-order valence-corrected chi connectivity index (χ3v) is 1.92. The van der Waals surface area contributed by atoms with E-state index < -0.39 is 0 Å². The minimum Gasteiger partial charge on any atom is -0.388 e. The highest BCUT2D eigenvalue weighted by Crippen LogP contribution is 2.17. The van der Waals surface area contributed by atoms with Crippen LogP contribution in [0.2, 0.25) is 0 Å². The van der Waals surface area contributed by atoms with Gasteiger partial charge in [0, 0.05) is 35.8 Å². The summed E-state index contributed by atoms with van der Waals surface area (Å²) in [7, 11) is 1.81. The van der Waals surface area contributed by atoms with E-state index >= 15 is 0 Å². The fraction of sp³-hybridized carbons (Fsp3) is 0.200. The van der Waals surface area contributed by atoms with Gasteiger partial charge < -0.3 is 16.1 Å². The quantitative estimate of drug-likeness (QED) is 0.605. The predicted octanol–water partition coefficient (Wildman–Crippen LogP) is 2.11. The van der Waals surface area contributed by atoms with Crippen molar-refractivity contribution < 1.29 is 0 Å². The summed E-state index contributed by atoms with van der Waals surface area (Å²) in [6, 6.07) is 5.63. The van der Waals surface area contributed by atoms with E-state index in [2.05, 4.69) is 5.32 Å². The van der Waals surface area contributed by atoms with Gasteiger partial charge in [0.25, 0.3) is 0 Å². The fourth-order valence-electron chi connectivity index (χ4n) is 1.27. The molecule has 0 saturated heterocycles. The summed E-state index contributed by atoms with van der Waals surface area (Å²) in [5.74, 6) is 0. The molecule has 3 nitrogen and oxygen atoms in total. The van der Waals surface area contributed by atoms with Crippen LogP contribution in [0.25, 0.3) is 0 Å². The van der Waals surface area contributed by atoms with Crippen LogP contribution < -0.4 is 5.32 Å². The highest BCUT2D eigenvalue weighted by molar-refractivity contribution is 6.06. The number of hydrogen-bond acceptors (Lipinski definition) is 3. The van der Waals surface area contributed by atoms with E-state index in [0.717, 1.165) is 16.8 Å². The van der Waals surface area contributed by atoms with E-state index in [0.29, 0.717) is 5.71 Å². The minimum absolute atomic E-state index is 0.482. The Labute approximate surface area is 77.8 Å². The number of benzene rings is 1. The zero-order valence-electron chi connectivity index (χ0n) is 7.81. The Morgan fingerprint density at radius 2 is 2.15 bits per heavy atom. The van der Waals surface area contributed by atoms with Crippen molar-refractivity contribution in [3.8, 4) is 0 Å². The summed E-state index contributed by atoms with van der Waals surface area (Å²) in [4.78, 5) is 0. The molecule has 68 valence electrons. The monoisotopic (exact) mass is 175 g/mol. The van der Waals surface area contributed by atoms with Gasteiger partial charge >= 0.3 is 0 Å². The second-order valence-corrected chi connectivity index (χ2v) is 2.79. The molecule has 0 aromatic heterocycles. The summed E-state index contributed by atoms with van der Waals surface area (Å²) in [6.45, 7) is 1.72. The van der Waals surface area contributed by atoms with Crippen LogP contribution in [0.1, 0.15) is 18.1 Å². The van der Waals surface area contributed by atoms with Gasteiger partial charge in [0.05, 0.1) is 0 Å². The lowest BCUT2D eigenvalue weighted by atomic mass is 10.0. The van der Waals surface area contributed by atoms with E-state index in [1.54, 1.807) is 6.92 Å². The first-order chi connectivity index (χ1) is 6.20. The summed E-state index contributed by atoms with van der Waals surface area (Å²) in [5.41, 5.74) is 2.95. The standard InChI is InChI=1S/C10H13N3/c1-7(12)8-4-3-5-10(13-2)9(8)6-11/h3-6,11-13H,1-2H3. The molecule has 0 fully saturated rings. The molecule has 0 aliphatic carbocycles. The van der Waals surface area contributed by atoms with E-state index in [9.17, 15) is 0 Å². The van der Waals surface area contributed by atoms with Crippen LogP contribution in [-0.4, -0.2) is 19.0 Å². The first-order valence-corrected chi connectivity index (χ1v) is 4.07. The summed E-state index contributed by atoms with van der Waals surface area (Å²) in [6.07, 6.45) is 1.28. The Hall–Kier alpha value is -1.64. The zero-order chi connectivity index (χ0) is 9.84. The lowest BCUT2D eigenvalue weighted by Gasteiger charge is -2.09. The predicted molar refractivity (Wildman–Crippen MR) is 56.4 cm³/mol. The second kappa shape index (κ2) is 3.85. The maximum Gasteiger partial charge on any atom is 0.0433 e. The largest absolute Gasteiger partial charge is 0.388 e. The molecule has 1 aromatic rings. The molecule has 0 atom stereocenters. The third-order valence-electron chi connectivity index (χ3n) is 1.92. The molecule has 0 amide bonds. The van der Waals surface area contributed by atoms with Gasteiger partial charge in [-0.2, -0.15) is 0 Å². The van der Waals surface area contributed by atoms with Gasteiger partial charge in [0.1, 0.15) is 0 Å². The van der Waals surface area contributed by atoms with Crippen LogP contribution >= 0.6 is 0 Å². The van der Waals surface area contributed by atoms with Gasteiger partial charge in [-0.05, 0) is 13.0 Å². The highest BCUT2D eigenvalue weighted by atomic mass is 14.8. The van der Waals surface area contributed by atoms with Crippen molar-refractivity contribution in [1.82, 2.24) is 0 Å². The smallest absolute Gasteiger partial charge is 0.0433 e. The summed E-state index contributed by atoms with van der Waals surface area (Å²) >= 11 is 0. The molecule has 13 heavy (non-hydrogen) atoms. The number of nitrogens with one attached hydrogen (secondary N) is 3. The van der Waals surface area contributed by atoms with E-state index in [-0.39, 0.29) is 0 Å². The van der Waals surface area contributed by atoms with Crippen LogP contribution in [0.5, 0.6) is 0 Å². The molecule has 3 heteroatoms. The molecule has 0 heterocycles. The Kier molecular flexibility index (Phi) is 2.80. The summed E-state index contributed by atoms with van der Waals surface area (Å²) < 4.78 is 0. The van der Waals surface area contributed by atoms with Gasteiger partial charge in [-0.25, -0.2) is 0 Å². The molecule has 3 N–H and O–H groups in total. The van der Waals surface area contributed by atoms with E-state index in [4.69, 9.17) is 10.8 Å². The van der Waals surface area contributed by atoms with Crippen LogP contribution in [0.4, 0.5) is 5.69 Å². The zero-order valence-corrected chi connectivity index (χ0v) is 7.81. The van der Waals surface area contributed by atoms with Crippen LogP contribution in [0.3, 0.4) is 0 Å². The van der Waals surface area contributed by atoms with Crippen LogP contribution in [-0.2, 0) is 0 Å². The maximum absolute atomic E-state index is 7.52. The molecular formula is C10H13N3. The molecule has 0 bridgehead atoms. The molecule has 0 aliphatic heterocycles. The van der Waals surface area contributed by atoms with Gasteiger partial charge in [0.2, 0.25) is 0 Å². The second-order valence-electron chi connectivity index (χ2n) is 2.79. The van der Waals surface area contributed by atoms with Crippen molar-refractivity contribution in [2.45, 2.75) is 6.92 Å². The number of hydrogen-bond donors (Lipinski definition) is 3. The lowest BCUT2D eigenvalue weighted by molar-refractivity contribution is 1.42. The Balaban J connectivity index is 3.35. The van der Waals surface area contributed by atoms with Gasteiger partial charge in [-0.1, -0.05) is 12.1 Å². The van der Waals surface area contributed by atoms with Crippen molar-refractivity contribution in [1.29, 1.82) is 10.8 Å². The first-order valence-electron chi connectivity index (χ1n) is 4.07. The Bertz CT molecular complexity index is 342. The highest BCUT2D eigenvalue weighted by Gasteiger charge is 2.05. The molecule has 0 radical (unpaired) electrons. The average molecular weight is 175 g/mol. The van der Waals surface area contributed by atoms with Crippen molar-refractivity contribution in [2.75, 3.05) is 12.4 Å².